The van der Waals surface area contributed by atoms with Gasteiger partial charge in [0.05, 0.1) is 13.2 Å². The fraction of sp³-hybridized carbons (Fsp3) is 0.933. The molecule has 0 radical (unpaired) electrons. The monoisotopic (exact) mass is 284 g/mol. The molecular formula is C15H28N2O3. The van der Waals surface area contributed by atoms with Gasteiger partial charge in [0.1, 0.15) is 0 Å². The molecule has 0 saturated carbocycles. The molecule has 0 atom stereocenters. The molecule has 2 aliphatic rings. The highest BCUT2D eigenvalue weighted by Gasteiger charge is 2.15. The van der Waals surface area contributed by atoms with Crippen molar-refractivity contribution in [3.05, 3.63) is 0 Å². The van der Waals surface area contributed by atoms with Crippen LogP contribution in [-0.4, -0.2) is 63.4 Å². The fourth-order valence-corrected chi connectivity index (χ4v) is 2.81. The molecule has 0 aromatic heterocycles. The van der Waals surface area contributed by atoms with Gasteiger partial charge in [0.25, 0.3) is 0 Å². The van der Waals surface area contributed by atoms with Gasteiger partial charge in [-0.1, -0.05) is 0 Å². The lowest BCUT2D eigenvalue weighted by atomic mass is 9.95. The number of ether oxygens (including phenoxy) is 2. The van der Waals surface area contributed by atoms with Gasteiger partial charge in [-0.25, -0.2) is 0 Å². The Morgan fingerprint density at radius 3 is 2.55 bits per heavy atom. The van der Waals surface area contributed by atoms with Gasteiger partial charge in [-0.05, 0) is 38.1 Å². The molecule has 116 valence electrons. The Morgan fingerprint density at radius 2 is 1.80 bits per heavy atom. The summed E-state index contributed by atoms with van der Waals surface area (Å²) in [5.41, 5.74) is 0. The Morgan fingerprint density at radius 1 is 1.10 bits per heavy atom. The molecule has 2 aliphatic heterocycles. The topological polar surface area (TPSA) is 50.8 Å². The first-order valence-corrected chi connectivity index (χ1v) is 7.99. The molecule has 0 spiro atoms. The number of hydrogen-bond acceptors (Lipinski definition) is 4. The van der Waals surface area contributed by atoms with E-state index in [4.69, 9.17) is 9.47 Å². The molecule has 0 aliphatic carbocycles. The lowest BCUT2D eigenvalue weighted by molar-refractivity contribution is -0.121. The molecule has 5 nitrogen and oxygen atoms in total. The summed E-state index contributed by atoms with van der Waals surface area (Å²) in [6.45, 7) is 7.33. The number of amides is 1. The van der Waals surface area contributed by atoms with E-state index < -0.39 is 0 Å². The maximum absolute atomic E-state index is 11.8. The minimum Gasteiger partial charge on any atom is -0.381 e. The largest absolute Gasteiger partial charge is 0.381 e. The summed E-state index contributed by atoms with van der Waals surface area (Å²) < 4.78 is 10.6. The van der Waals surface area contributed by atoms with Gasteiger partial charge >= 0.3 is 0 Å². The lowest BCUT2D eigenvalue weighted by Gasteiger charge is -2.26. The number of hydrogen-bond donors (Lipinski definition) is 1. The molecule has 0 bridgehead atoms. The van der Waals surface area contributed by atoms with Crippen molar-refractivity contribution in [1.29, 1.82) is 0 Å². The van der Waals surface area contributed by atoms with Gasteiger partial charge in [-0.15, -0.1) is 0 Å². The average molecular weight is 284 g/mol. The van der Waals surface area contributed by atoms with Crippen LogP contribution in [0.15, 0.2) is 0 Å². The zero-order valence-electron chi connectivity index (χ0n) is 12.4. The predicted molar refractivity (Wildman–Crippen MR) is 77.7 cm³/mol. The lowest BCUT2D eigenvalue weighted by Crippen LogP contribution is -2.38. The zero-order valence-corrected chi connectivity index (χ0v) is 12.4. The van der Waals surface area contributed by atoms with Gasteiger partial charge < -0.3 is 14.8 Å². The first kappa shape index (κ1) is 15.7. The van der Waals surface area contributed by atoms with E-state index in [0.717, 1.165) is 78.3 Å². The van der Waals surface area contributed by atoms with Crippen LogP contribution >= 0.6 is 0 Å². The normalized spacial score (nSPS) is 21.8. The molecule has 0 unspecified atom stereocenters. The van der Waals surface area contributed by atoms with Crippen molar-refractivity contribution in [2.45, 2.75) is 32.1 Å². The van der Waals surface area contributed by atoms with Crippen molar-refractivity contribution in [2.24, 2.45) is 5.92 Å². The van der Waals surface area contributed by atoms with Crippen LogP contribution in [0.4, 0.5) is 0 Å². The standard InChI is InChI=1S/C15H28N2O3/c18-15(3-2-14-4-10-19-11-5-14)16-6-1-7-17-8-12-20-13-9-17/h14H,1-13H2,(H,16,18). The van der Waals surface area contributed by atoms with E-state index in [9.17, 15) is 4.79 Å². The third-order valence-electron chi connectivity index (χ3n) is 4.20. The number of morpholine rings is 1. The number of carbonyl (C=O) groups is 1. The number of carbonyl (C=O) groups excluding carboxylic acids is 1. The number of nitrogens with zero attached hydrogens (tertiary/aromatic N) is 1. The molecule has 1 amide bonds. The van der Waals surface area contributed by atoms with Crippen molar-refractivity contribution >= 4 is 5.91 Å². The molecular weight excluding hydrogens is 256 g/mol. The van der Waals surface area contributed by atoms with Crippen molar-refractivity contribution in [3.8, 4) is 0 Å². The second-order valence-electron chi connectivity index (χ2n) is 5.75. The summed E-state index contributed by atoms with van der Waals surface area (Å²) in [6, 6.07) is 0. The smallest absolute Gasteiger partial charge is 0.220 e. The molecule has 20 heavy (non-hydrogen) atoms. The third-order valence-corrected chi connectivity index (χ3v) is 4.20. The maximum Gasteiger partial charge on any atom is 0.220 e. The molecule has 2 heterocycles. The van der Waals surface area contributed by atoms with Crippen molar-refractivity contribution < 1.29 is 14.3 Å². The van der Waals surface area contributed by atoms with E-state index in [2.05, 4.69) is 10.2 Å². The highest BCUT2D eigenvalue weighted by Crippen LogP contribution is 2.19. The van der Waals surface area contributed by atoms with E-state index in [1.54, 1.807) is 0 Å². The van der Waals surface area contributed by atoms with Crippen LogP contribution in [0.5, 0.6) is 0 Å². The Labute approximate surface area is 122 Å². The summed E-state index contributed by atoms with van der Waals surface area (Å²) in [5.74, 6) is 0.890. The van der Waals surface area contributed by atoms with E-state index in [-0.39, 0.29) is 5.91 Å². The zero-order chi connectivity index (χ0) is 14.0. The minimum absolute atomic E-state index is 0.207. The van der Waals surface area contributed by atoms with Crippen molar-refractivity contribution in [1.82, 2.24) is 10.2 Å². The Bertz CT molecular complexity index is 274. The van der Waals surface area contributed by atoms with Gasteiger partial charge in [0.2, 0.25) is 5.91 Å². The van der Waals surface area contributed by atoms with E-state index >= 15 is 0 Å². The molecule has 1 N–H and O–H groups in total. The predicted octanol–water partition coefficient (Wildman–Crippen LogP) is 1.03. The van der Waals surface area contributed by atoms with E-state index in [0.29, 0.717) is 12.3 Å². The minimum atomic E-state index is 0.207. The van der Waals surface area contributed by atoms with Crippen LogP contribution in [-0.2, 0) is 14.3 Å². The maximum atomic E-state index is 11.8. The molecule has 2 rings (SSSR count). The van der Waals surface area contributed by atoms with Gasteiger partial charge in [-0.3, -0.25) is 9.69 Å². The second-order valence-corrected chi connectivity index (χ2v) is 5.75. The van der Waals surface area contributed by atoms with Gasteiger partial charge in [-0.2, -0.15) is 0 Å². The third kappa shape index (κ3) is 6.20. The molecule has 5 heteroatoms. The Balaban J connectivity index is 1.45. The van der Waals surface area contributed by atoms with Crippen molar-refractivity contribution in [2.75, 3.05) is 52.6 Å². The molecule has 0 aromatic carbocycles. The van der Waals surface area contributed by atoms with Crippen LogP contribution in [0, 0.1) is 5.92 Å². The summed E-state index contributed by atoms with van der Waals surface area (Å²) in [7, 11) is 0. The fourth-order valence-electron chi connectivity index (χ4n) is 2.81. The summed E-state index contributed by atoms with van der Waals surface area (Å²) in [4.78, 5) is 14.2. The van der Waals surface area contributed by atoms with Crippen molar-refractivity contribution in [3.63, 3.8) is 0 Å². The van der Waals surface area contributed by atoms with Crippen LogP contribution in [0.3, 0.4) is 0 Å². The SMILES string of the molecule is O=C(CCC1CCOCC1)NCCCN1CCOCC1. The van der Waals surface area contributed by atoms with Gasteiger partial charge in [0.15, 0.2) is 0 Å². The highest BCUT2D eigenvalue weighted by atomic mass is 16.5. The first-order chi connectivity index (χ1) is 9.84. The number of nitrogens with one attached hydrogen (secondary N) is 1. The Kier molecular flexibility index (Phi) is 7.33. The average Bonchev–Trinajstić information content (AvgIpc) is 2.52. The second kappa shape index (κ2) is 9.32. The molecule has 2 fully saturated rings. The quantitative estimate of drug-likeness (QED) is 0.710. The highest BCUT2D eigenvalue weighted by molar-refractivity contribution is 5.75. The Hall–Kier alpha value is -0.650. The summed E-state index contributed by atoms with van der Waals surface area (Å²) in [6.07, 6.45) is 4.94. The van der Waals surface area contributed by atoms with E-state index in [1.807, 2.05) is 0 Å². The summed E-state index contributed by atoms with van der Waals surface area (Å²) in [5, 5.41) is 3.03. The first-order valence-electron chi connectivity index (χ1n) is 7.99. The van der Waals surface area contributed by atoms with Crippen LogP contribution in [0.1, 0.15) is 32.1 Å². The van der Waals surface area contributed by atoms with Crippen LogP contribution in [0.2, 0.25) is 0 Å². The summed E-state index contributed by atoms with van der Waals surface area (Å²) >= 11 is 0. The number of rotatable bonds is 7. The van der Waals surface area contributed by atoms with E-state index in [1.165, 1.54) is 0 Å². The molecule has 2 saturated heterocycles. The molecule has 0 aromatic rings. The van der Waals surface area contributed by atoms with Crippen LogP contribution < -0.4 is 5.32 Å². The van der Waals surface area contributed by atoms with Crippen LogP contribution in [0.25, 0.3) is 0 Å². The van der Waals surface area contributed by atoms with Gasteiger partial charge in [0, 0.05) is 39.3 Å².